The van der Waals surface area contributed by atoms with Gasteiger partial charge >= 0.3 is 6.18 Å². The van der Waals surface area contributed by atoms with E-state index in [2.05, 4.69) is 10.4 Å². The van der Waals surface area contributed by atoms with E-state index >= 15 is 0 Å². The number of hydrogen-bond donors (Lipinski definition) is 1. The molecule has 1 aliphatic rings. The normalized spacial score (nSPS) is 14.4. The number of carbonyl (C=O) groups excluding carboxylic acids is 2. The van der Waals surface area contributed by atoms with Crippen LogP contribution in [0.25, 0.3) is 5.69 Å². The zero-order chi connectivity index (χ0) is 19.6. The molecule has 0 unspecified atom stereocenters. The molecule has 0 bridgehead atoms. The summed E-state index contributed by atoms with van der Waals surface area (Å²) in [6, 6.07) is 5.70. The van der Waals surface area contributed by atoms with Crippen molar-refractivity contribution in [2.75, 3.05) is 19.6 Å². The smallest absolute Gasteiger partial charge is 0.343 e. The topological polar surface area (TPSA) is 67.2 Å². The lowest BCUT2D eigenvalue weighted by Crippen LogP contribution is -2.39. The maximum absolute atomic E-state index is 13.6. The quantitative estimate of drug-likeness (QED) is 0.858. The Hall–Kier alpha value is -2.55. The zero-order valence-corrected chi connectivity index (χ0v) is 14.8. The molecule has 144 valence electrons. The summed E-state index contributed by atoms with van der Waals surface area (Å²) in [6.45, 7) is 0.822. The number of carbonyl (C=O) groups is 2. The second-order valence-electron chi connectivity index (χ2n) is 6.07. The van der Waals surface area contributed by atoms with Crippen LogP contribution in [0.4, 0.5) is 13.2 Å². The minimum atomic E-state index is -4.83. The van der Waals surface area contributed by atoms with Gasteiger partial charge in [0.2, 0.25) is 5.91 Å². The van der Waals surface area contributed by atoms with Crippen molar-refractivity contribution in [3.05, 3.63) is 46.7 Å². The van der Waals surface area contributed by atoms with Crippen LogP contribution in [0.15, 0.2) is 30.5 Å². The van der Waals surface area contributed by atoms with Gasteiger partial charge in [0, 0.05) is 18.1 Å². The Morgan fingerprint density at radius 1 is 1.22 bits per heavy atom. The maximum Gasteiger partial charge on any atom is 0.434 e. The van der Waals surface area contributed by atoms with Crippen LogP contribution in [0, 0.1) is 0 Å². The van der Waals surface area contributed by atoms with Crippen molar-refractivity contribution in [2.45, 2.75) is 19.0 Å². The third-order valence-corrected chi connectivity index (χ3v) is 4.43. The number of rotatable bonds is 4. The highest BCUT2D eigenvalue weighted by Gasteiger charge is 2.40. The predicted octanol–water partition coefficient (Wildman–Crippen LogP) is 2.90. The molecule has 10 heteroatoms. The number of benzene rings is 1. The van der Waals surface area contributed by atoms with Gasteiger partial charge < -0.3 is 10.2 Å². The first-order valence-electron chi connectivity index (χ1n) is 8.24. The Kier molecular flexibility index (Phi) is 5.41. The molecule has 0 aliphatic carbocycles. The number of nitrogens with zero attached hydrogens (tertiary/aromatic N) is 3. The number of aromatic nitrogens is 2. The molecule has 0 radical (unpaired) electrons. The van der Waals surface area contributed by atoms with Gasteiger partial charge in [0.25, 0.3) is 5.91 Å². The fraction of sp³-hybridized carbons (Fsp3) is 0.353. The van der Waals surface area contributed by atoms with Crippen molar-refractivity contribution in [2.24, 2.45) is 0 Å². The molecule has 1 aromatic heterocycles. The van der Waals surface area contributed by atoms with Crippen LogP contribution < -0.4 is 5.32 Å². The van der Waals surface area contributed by atoms with E-state index in [0.29, 0.717) is 17.8 Å². The van der Waals surface area contributed by atoms with Gasteiger partial charge in [-0.1, -0.05) is 17.7 Å². The van der Waals surface area contributed by atoms with E-state index in [1.807, 2.05) is 0 Å². The van der Waals surface area contributed by atoms with Gasteiger partial charge in [-0.05, 0) is 31.0 Å². The number of nitrogens with one attached hydrogen (secondary N) is 1. The SMILES string of the molecule is O=C(NCC(=O)N1CCCC1)c1cnn(-c2cccc(Cl)c2)c1C(F)(F)F. The average molecular weight is 401 g/mol. The van der Waals surface area contributed by atoms with Crippen molar-refractivity contribution in [3.63, 3.8) is 0 Å². The third-order valence-electron chi connectivity index (χ3n) is 4.19. The highest BCUT2D eigenvalue weighted by molar-refractivity contribution is 6.30. The van der Waals surface area contributed by atoms with Crippen LogP contribution in [-0.4, -0.2) is 46.1 Å². The monoisotopic (exact) mass is 400 g/mol. The van der Waals surface area contributed by atoms with Gasteiger partial charge in [-0.2, -0.15) is 18.3 Å². The van der Waals surface area contributed by atoms with Crippen LogP contribution in [0.2, 0.25) is 5.02 Å². The molecule has 1 fully saturated rings. The summed E-state index contributed by atoms with van der Waals surface area (Å²) in [7, 11) is 0. The molecule has 1 aromatic carbocycles. The highest BCUT2D eigenvalue weighted by atomic mass is 35.5. The van der Waals surface area contributed by atoms with Crippen molar-refractivity contribution < 1.29 is 22.8 Å². The second kappa shape index (κ2) is 7.59. The maximum atomic E-state index is 13.6. The number of hydrogen-bond acceptors (Lipinski definition) is 3. The van der Waals surface area contributed by atoms with E-state index in [4.69, 9.17) is 11.6 Å². The molecule has 27 heavy (non-hydrogen) atoms. The van der Waals surface area contributed by atoms with Crippen LogP contribution in [-0.2, 0) is 11.0 Å². The van der Waals surface area contributed by atoms with E-state index < -0.39 is 23.3 Å². The fourth-order valence-electron chi connectivity index (χ4n) is 2.92. The Morgan fingerprint density at radius 2 is 1.93 bits per heavy atom. The highest BCUT2D eigenvalue weighted by Crippen LogP contribution is 2.34. The number of halogens is 4. The van der Waals surface area contributed by atoms with Gasteiger partial charge in [0.05, 0.1) is 24.0 Å². The molecule has 2 amide bonds. The first-order valence-corrected chi connectivity index (χ1v) is 8.62. The molecular formula is C17H16ClF3N4O2. The lowest BCUT2D eigenvalue weighted by molar-refractivity contribution is -0.143. The first-order chi connectivity index (χ1) is 12.8. The van der Waals surface area contributed by atoms with Crippen molar-refractivity contribution in [1.82, 2.24) is 20.0 Å². The van der Waals surface area contributed by atoms with Crippen molar-refractivity contribution >= 4 is 23.4 Å². The van der Waals surface area contributed by atoms with Crippen LogP contribution in [0.1, 0.15) is 28.9 Å². The minimum Gasteiger partial charge on any atom is -0.343 e. The predicted molar refractivity (Wildman–Crippen MR) is 91.7 cm³/mol. The van der Waals surface area contributed by atoms with E-state index in [1.165, 1.54) is 24.3 Å². The lowest BCUT2D eigenvalue weighted by atomic mass is 10.2. The molecule has 2 heterocycles. The van der Waals surface area contributed by atoms with Gasteiger partial charge in [-0.15, -0.1) is 0 Å². The number of amides is 2. The standard InChI is InChI=1S/C17H16ClF3N4O2/c18-11-4-3-5-12(8-11)25-15(17(19,20)21)13(9-23-25)16(27)22-10-14(26)24-6-1-2-7-24/h3-5,8-9H,1-2,6-7,10H2,(H,22,27). The molecule has 0 atom stereocenters. The van der Waals surface area contributed by atoms with Gasteiger partial charge in [0.15, 0.2) is 5.69 Å². The third kappa shape index (κ3) is 4.24. The van der Waals surface area contributed by atoms with Crippen molar-refractivity contribution in [3.8, 4) is 5.69 Å². The summed E-state index contributed by atoms with van der Waals surface area (Å²) in [6.07, 6.45) is -2.24. The number of likely N-dealkylation sites (tertiary alicyclic amines) is 1. The summed E-state index contributed by atoms with van der Waals surface area (Å²) >= 11 is 5.83. The van der Waals surface area contributed by atoms with Gasteiger partial charge in [0.1, 0.15) is 0 Å². The molecule has 6 nitrogen and oxygen atoms in total. The summed E-state index contributed by atoms with van der Waals surface area (Å²) < 4.78 is 41.4. The van der Waals surface area contributed by atoms with Crippen LogP contribution in [0.3, 0.4) is 0 Å². The summed E-state index contributed by atoms with van der Waals surface area (Å²) in [4.78, 5) is 25.8. The van der Waals surface area contributed by atoms with E-state index in [0.717, 1.165) is 19.0 Å². The Labute approximate surface area is 157 Å². The first kappa shape index (κ1) is 19.2. The molecule has 3 rings (SSSR count). The zero-order valence-electron chi connectivity index (χ0n) is 14.1. The molecule has 0 spiro atoms. The average Bonchev–Trinajstić information content (AvgIpc) is 3.28. The molecule has 0 saturated carbocycles. The largest absolute Gasteiger partial charge is 0.434 e. The molecule has 2 aromatic rings. The molecule has 1 saturated heterocycles. The summed E-state index contributed by atoms with van der Waals surface area (Å²) in [5, 5.41) is 6.19. The summed E-state index contributed by atoms with van der Waals surface area (Å²) in [5.41, 5.74) is -1.81. The Morgan fingerprint density at radius 3 is 2.56 bits per heavy atom. The molecule has 1 N–H and O–H groups in total. The van der Waals surface area contributed by atoms with E-state index in [1.54, 1.807) is 4.90 Å². The van der Waals surface area contributed by atoms with E-state index in [9.17, 15) is 22.8 Å². The summed E-state index contributed by atoms with van der Waals surface area (Å²) in [5.74, 6) is -1.33. The minimum absolute atomic E-state index is 0.0713. The van der Waals surface area contributed by atoms with E-state index in [-0.39, 0.29) is 23.2 Å². The molecule has 1 aliphatic heterocycles. The number of alkyl halides is 3. The fourth-order valence-corrected chi connectivity index (χ4v) is 3.11. The molecular weight excluding hydrogens is 385 g/mol. The van der Waals surface area contributed by atoms with Crippen LogP contribution >= 0.6 is 11.6 Å². The van der Waals surface area contributed by atoms with Gasteiger partial charge in [-0.25, -0.2) is 4.68 Å². The lowest BCUT2D eigenvalue weighted by Gasteiger charge is -2.16. The Balaban J connectivity index is 1.84. The Bertz CT molecular complexity index is 860. The van der Waals surface area contributed by atoms with Gasteiger partial charge in [-0.3, -0.25) is 9.59 Å². The second-order valence-corrected chi connectivity index (χ2v) is 6.50. The van der Waals surface area contributed by atoms with Crippen LogP contribution in [0.5, 0.6) is 0 Å². The van der Waals surface area contributed by atoms with Crippen molar-refractivity contribution in [1.29, 1.82) is 0 Å².